The van der Waals surface area contributed by atoms with Crippen LogP contribution >= 0.6 is 23.1 Å². The molecule has 0 aliphatic carbocycles. The lowest BCUT2D eigenvalue weighted by atomic mass is 10.1. The van der Waals surface area contributed by atoms with Crippen molar-refractivity contribution in [1.82, 2.24) is 9.97 Å². The van der Waals surface area contributed by atoms with Crippen molar-refractivity contribution >= 4 is 44.9 Å². The van der Waals surface area contributed by atoms with Gasteiger partial charge in [-0.15, -0.1) is 23.1 Å². The average molecular weight is 358 g/mol. The van der Waals surface area contributed by atoms with E-state index in [1.807, 2.05) is 25.1 Å². The summed E-state index contributed by atoms with van der Waals surface area (Å²) in [6.07, 6.45) is 2.04. The number of fused-ring (bicyclic) bond motifs is 1. The first-order chi connectivity index (χ1) is 11.5. The van der Waals surface area contributed by atoms with Gasteiger partial charge in [0.1, 0.15) is 16.2 Å². The van der Waals surface area contributed by atoms with Gasteiger partial charge in [0.25, 0.3) is 0 Å². The third kappa shape index (κ3) is 3.94. The molecule has 0 fully saturated rings. The lowest BCUT2D eigenvalue weighted by Gasteiger charge is -2.07. The molecule has 0 unspecified atom stereocenters. The number of nitrogens with one attached hydrogen (secondary N) is 1. The van der Waals surface area contributed by atoms with Crippen LogP contribution in [-0.4, -0.2) is 21.6 Å². The van der Waals surface area contributed by atoms with Crippen molar-refractivity contribution in [3.8, 4) is 0 Å². The van der Waals surface area contributed by atoms with Crippen molar-refractivity contribution in [2.45, 2.75) is 32.2 Å². The van der Waals surface area contributed by atoms with E-state index in [1.165, 1.54) is 16.0 Å². The third-order valence-electron chi connectivity index (χ3n) is 3.77. The summed E-state index contributed by atoms with van der Waals surface area (Å²) >= 11 is 3.27. The number of benzene rings is 1. The number of hydrogen-bond donors (Lipinski definition) is 1. The summed E-state index contributed by atoms with van der Waals surface area (Å²) in [5.41, 5.74) is 3.26. The monoisotopic (exact) mass is 357 g/mol. The fourth-order valence-corrected chi connectivity index (χ4v) is 4.18. The molecule has 0 saturated carbocycles. The van der Waals surface area contributed by atoms with Gasteiger partial charge in [0.05, 0.1) is 0 Å². The van der Waals surface area contributed by atoms with Gasteiger partial charge in [-0.25, -0.2) is 9.97 Å². The van der Waals surface area contributed by atoms with Crippen LogP contribution < -0.4 is 5.32 Å². The highest BCUT2D eigenvalue weighted by Gasteiger charge is 2.09. The molecule has 1 amide bonds. The van der Waals surface area contributed by atoms with Gasteiger partial charge in [0, 0.05) is 28.1 Å². The van der Waals surface area contributed by atoms with Crippen molar-refractivity contribution in [1.29, 1.82) is 0 Å². The maximum atomic E-state index is 12.1. The van der Waals surface area contributed by atoms with Gasteiger partial charge in [-0.2, -0.15) is 0 Å². The van der Waals surface area contributed by atoms with Crippen LogP contribution in [0.1, 0.15) is 22.4 Å². The predicted octanol–water partition coefficient (Wildman–Crippen LogP) is 4.74. The molecular formula is C18H19N3OS2. The Morgan fingerprint density at radius 1 is 1.17 bits per heavy atom. The van der Waals surface area contributed by atoms with E-state index in [-0.39, 0.29) is 5.91 Å². The first-order valence-corrected chi connectivity index (χ1v) is 9.54. The highest BCUT2D eigenvalue weighted by Crippen LogP contribution is 2.30. The molecule has 0 aliphatic rings. The van der Waals surface area contributed by atoms with E-state index in [2.05, 4.69) is 35.2 Å². The van der Waals surface area contributed by atoms with Crippen molar-refractivity contribution < 1.29 is 4.79 Å². The predicted molar refractivity (Wildman–Crippen MR) is 102 cm³/mol. The Morgan fingerprint density at radius 2 is 2.00 bits per heavy atom. The topological polar surface area (TPSA) is 54.9 Å². The van der Waals surface area contributed by atoms with Gasteiger partial charge in [0.2, 0.25) is 5.91 Å². The Labute approximate surface area is 149 Å². The average Bonchev–Trinajstić information content (AvgIpc) is 2.92. The number of nitrogens with zero attached hydrogens (tertiary/aromatic N) is 2. The van der Waals surface area contributed by atoms with Crippen LogP contribution in [0.5, 0.6) is 0 Å². The Kier molecular flexibility index (Phi) is 5.16. The second kappa shape index (κ2) is 7.32. The molecule has 0 saturated heterocycles. The molecule has 0 aliphatic heterocycles. The second-order valence-electron chi connectivity index (χ2n) is 5.70. The summed E-state index contributed by atoms with van der Waals surface area (Å²) in [4.78, 5) is 23.0. The van der Waals surface area contributed by atoms with E-state index >= 15 is 0 Å². The molecule has 6 heteroatoms. The number of amides is 1. The Hall–Kier alpha value is -1.92. The minimum Gasteiger partial charge on any atom is -0.326 e. The molecule has 0 spiro atoms. The molecule has 1 N–H and O–H groups in total. The van der Waals surface area contributed by atoms with Gasteiger partial charge < -0.3 is 5.32 Å². The van der Waals surface area contributed by atoms with Crippen molar-refractivity contribution in [3.63, 3.8) is 0 Å². The molecular weight excluding hydrogens is 338 g/mol. The van der Waals surface area contributed by atoms with Crippen LogP contribution in [0, 0.1) is 20.8 Å². The van der Waals surface area contributed by atoms with Gasteiger partial charge in [0.15, 0.2) is 0 Å². The molecule has 0 radical (unpaired) electrons. The lowest BCUT2D eigenvalue weighted by molar-refractivity contribution is -0.115. The summed E-state index contributed by atoms with van der Waals surface area (Å²) in [5, 5.41) is 4.99. The highest BCUT2D eigenvalue weighted by molar-refractivity contribution is 7.99. The molecule has 0 atom stereocenters. The zero-order valence-electron chi connectivity index (χ0n) is 13.9. The van der Waals surface area contributed by atoms with E-state index < -0.39 is 0 Å². The minimum absolute atomic E-state index is 0.0255. The van der Waals surface area contributed by atoms with Crippen LogP contribution in [0.4, 0.5) is 5.69 Å². The Morgan fingerprint density at radius 3 is 2.79 bits per heavy atom. The van der Waals surface area contributed by atoms with Gasteiger partial charge >= 0.3 is 0 Å². The maximum absolute atomic E-state index is 12.1. The second-order valence-corrected chi connectivity index (χ2v) is 8.02. The van der Waals surface area contributed by atoms with Crippen molar-refractivity contribution in [3.05, 3.63) is 46.6 Å². The molecule has 24 heavy (non-hydrogen) atoms. The van der Waals surface area contributed by atoms with E-state index in [0.29, 0.717) is 12.2 Å². The molecule has 3 rings (SSSR count). The number of aryl methyl sites for hydroxylation is 3. The first kappa shape index (κ1) is 16.9. The number of aromatic nitrogens is 2. The van der Waals surface area contributed by atoms with Crippen LogP contribution in [0.2, 0.25) is 0 Å². The van der Waals surface area contributed by atoms with E-state index in [1.54, 1.807) is 29.4 Å². The number of carbonyl (C=O) groups is 1. The van der Waals surface area contributed by atoms with Crippen LogP contribution in [0.15, 0.2) is 35.6 Å². The molecule has 0 bridgehead atoms. The van der Waals surface area contributed by atoms with Gasteiger partial charge in [-0.3, -0.25) is 4.79 Å². The molecule has 124 valence electrons. The third-order valence-corrected chi connectivity index (χ3v) is 5.74. The fourth-order valence-electron chi connectivity index (χ4n) is 2.35. The number of anilines is 1. The summed E-state index contributed by atoms with van der Waals surface area (Å²) in [6, 6.07) is 8.08. The maximum Gasteiger partial charge on any atom is 0.225 e. The summed E-state index contributed by atoms with van der Waals surface area (Å²) in [6.45, 7) is 6.17. The molecule has 1 aromatic carbocycles. The van der Waals surface area contributed by atoms with Gasteiger partial charge in [-0.05, 0) is 50.1 Å². The number of rotatable bonds is 5. The van der Waals surface area contributed by atoms with E-state index in [9.17, 15) is 4.79 Å². The van der Waals surface area contributed by atoms with E-state index in [4.69, 9.17) is 0 Å². The fraction of sp³-hybridized carbons (Fsp3) is 0.278. The SMILES string of the molecule is Cc1cc2c(SCCC(=O)Nc3ccc(C)c(C)c3)ncnc2s1. The minimum atomic E-state index is 0.0255. The van der Waals surface area contributed by atoms with Crippen LogP contribution in [0.25, 0.3) is 10.2 Å². The molecule has 3 aromatic rings. The quantitative estimate of drug-likeness (QED) is 0.529. The highest BCUT2D eigenvalue weighted by atomic mass is 32.2. The number of thiophene rings is 1. The number of hydrogen-bond acceptors (Lipinski definition) is 5. The molecule has 2 heterocycles. The van der Waals surface area contributed by atoms with E-state index in [0.717, 1.165) is 20.9 Å². The zero-order valence-corrected chi connectivity index (χ0v) is 15.6. The number of carbonyl (C=O) groups excluding carboxylic acids is 1. The molecule has 2 aromatic heterocycles. The van der Waals surface area contributed by atoms with Crippen molar-refractivity contribution in [2.75, 3.05) is 11.1 Å². The summed E-state index contributed by atoms with van der Waals surface area (Å²) < 4.78 is 0. The number of thioether (sulfide) groups is 1. The lowest BCUT2D eigenvalue weighted by Crippen LogP contribution is -2.12. The standard InChI is InChI=1S/C18H19N3OS2/c1-11-4-5-14(8-12(11)2)21-16(22)6-7-23-17-15-9-13(3)24-18(15)20-10-19-17/h4-5,8-10H,6-7H2,1-3H3,(H,21,22). The normalized spacial score (nSPS) is 11.0. The Bertz CT molecular complexity index is 889. The van der Waals surface area contributed by atoms with Gasteiger partial charge in [-0.1, -0.05) is 6.07 Å². The molecule has 4 nitrogen and oxygen atoms in total. The summed E-state index contributed by atoms with van der Waals surface area (Å²) in [5.74, 6) is 0.718. The first-order valence-electron chi connectivity index (χ1n) is 7.74. The van der Waals surface area contributed by atoms with Crippen LogP contribution in [0.3, 0.4) is 0 Å². The van der Waals surface area contributed by atoms with Crippen molar-refractivity contribution in [2.24, 2.45) is 0 Å². The van der Waals surface area contributed by atoms with Crippen LogP contribution in [-0.2, 0) is 4.79 Å². The zero-order chi connectivity index (χ0) is 17.1. The summed E-state index contributed by atoms with van der Waals surface area (Å²) in [7, 11) is 0. The largest absolute Gasteiger partial charge is 0.326 e. The smallest absolute Gasteiger partial charge is 0.225 e. The Balaban J connectivity index is 1.57.